The topological polar surface area (TPSA) is 15.3 Å². The third-order valence-electron chi connectivity index (χ3n) is 4.46. The summed E-state index contributed by atoms with van der Waals surface area (Å²) in [5, 5.41) is 3.76. The molecule has 0 amide bonds. The molecule has 1 heterocycles. The minimum absolute atomic E-state index is 0.546. The molecule has 2 fully saturated rings. The SMILES string of the molecule is CC(CC1CC1)NCC1(C)CCN(C)CC1. The van der Waals surface area contributed by atoms with Crippen LogP contribution in [0, 0.1) is 11.3 Å². The van der Waals surface area contributed by atoms with Crippen LogP contribution in [0.15, 0.2) is 0 Å². The number of nitrogens with zero attached hydrogens (tertiary/aromatic N) is 1. The van der Waals surface area contributed by atoms with Gasteiger partial charge in [-0.05, 0) is 57.7 Å². The molecule has 1 N–H and O–H groups in total. The number of nitrogens with one attached hydrogen (secondary N) is 1. The minimum atomic E-state index is 0.546. The van der Waals surface area contributed by atoms with Crippen molar-refractivity contribution in [2.75, 3.05) is 26.7 Å². The molecule has 0 aromatic carbocycles. The van der Waals surface area contributed by atoms with Gasteiger partial charge in [0, 0.05) is 12.6 Å². The van der Waals surface area contributed by atoms with Gasteiger partial charge in [0.15, 0.2) is 0 Å². The Morgan fingerprint density at radius 2 is 1.94 bits per heavy atom. The Bertz CT molecular complexity index is 215. The number of hydrogen-bond acceptors (Lipinski definition) is 2. The Morgan fingerprint density at radius 3 is 2.50 bits per heavy atom. The van der Waals surface area contributed by atoms with Crippen molar-refractivity contribution < 1.29 is 0 Å². The molecule has 0 bridgehead atoms. The van der Waals surface area contributed by atoms with Crippen molar-refractivity contribution in [3.63, 3.8) is 0 Å². The fraction of sp³-hybridized carbons (Fsp3) is 1.00. The lowest BCUT2D eigenvalue weighted by Gasteiger charge is -2.38. The van der Waals surface area contributed by atoms with Gasteiger partial charge in [-0.2, -0.15) is 0 Å². The van der Waals surface area contributed by atoms with Crippen LogP contribution in [0.4, 0.5) is 0 Å². The van der Waals surface area contributed by atoms with E-state index in [2.05, 4.69) is 31.1 Å². The van der Waals surface area contributed by atoms with E-state index in [-0.39, 0.29) is 0 Å². The van der Waals surface area contributed by atoms with E-state index in [1.165, 1.54) is 51.7 Å². The second-order valence-corrected chi connectivity index (χ2v) is 6.57. The van der Waals surface area contributed by atoms with Gasteiger partial charge in [-0.3, -0.25) is 0 Å². The first-order valence-electron chi connectivity index (χ1n) is 6.99. The minimum Gasteiger partial charge on any atom is -0.314 e. The summed E-state index contributed by atoms with van der Waals surface area (Å²) < 4.78 is 0. The van der Waals surface area contributed by atoms with E-state index in [1.54, 1.807) is 0 Å². The van der Waals surface area contributed by atoms with Gasteiger partial charge in [0.1, 0.15) is 0 Å². The summed E-state index contributed by atoms with van der Waals surface area (Å²) in [6, 6.07) is 0.726. The quantitative estimate of drug-likeness (QED) is 0.772. The van der Waals surface area contributed by atoms with E-state index in [0.29, 0.717) is 5.41 Å². The predicted octanol–water partition coefficient (Wildman–Crippen LogP) is 2.50. The molecule has 1 unspecified atom stereocenters. The Balaban J connectivity index is 1.67. The maximum atomic E-state index is 3.76. The van der Waals surface area contributed by atoms with Crippen LogP contribution in [0.25, 0.3) is 0 Å². The van der Waals surface area contributed by atoms with E-state index >= 15 is 0 Å². The average Bonchev–Trinajstić information content (AvgIpc) is 3.04. The molecule has 1 aliphatic carbocycles. The molecule has 1 atom stereocenters. The molecular weight excluding hydrogens is 196 g/mol. The predicted molar refractivity (Wildman–Crippen MR) is 69.6 cm³/mol. The highest BCUT2D eigenvalue weighted by Crippen LogP contribution is 2.34. The maximum absolute atomic E-state index is 3.76. The number of rotatable bonds is 5. The largest absolute Gasteiger partial charge is 0.314 e. The van der Waals surface area contributed by atoms with Gasteiger partial charge in [0.05, 0.1) is 0 Å². The Labute approximate surface area is 101 Å². The fourth-order valence-corrected chi connectivity index (χ4v) is 2.69. The normalized spacial score (nSPS) is 27.9. The second-order valence-electron chi connectivity index (χ2n) is 6.57. The van der Waals surface area contributed by atoms with Crippen molar-refractivity contribution in [3.8, 4) is 0 Å². The molecule has 0 radical (unpaired) electrons. The summed E-state index contributed by atoms with van der Waals surface area (Å²) in [5.41, 5.74) is 0.546. The van der Waals surface area contributed by atoms with Gasteiger partial charge in [-0.25, -0.2) is 0 Å². The van der Waals surface area contributed by atoms with Crippen LogP contribution in [0.3, 0.4) is 0 Å². The molecule has 2 aliphatic rings. The van der Waals surface area contributed by atoms with E-state index < -0.39 is 0 Å². The highest BCUT2D eigenvalue weighted by molar-refractivity contribution is 4.85. The summed E-state index contributed by atoms with van der Waals surface area (Å²) in [5.74, 6) is 1.05. The van der Waals surface area contributed by atoms with Gasteiger partial charge >= 0.3 is 0 Å². The van der Waals surface area contributed by atoms with Crippen molar-refractivity contribution in [2.24, 2.45) is 11.3 Å². The number of hydrogen-bond donors (Lipinski definition) is 1. The zero-order chi connectivity index (χ0) is 11.6. The zero-order valence-electron chi connectivity index (χ0n) is 11.3. The smallest absolute Gasteiger partial charge is 0.00415 e. The first kappa shape index (κ1) is 12.4. The van der Waals surface area contributed by atoms with Crippen molar-refractivity contribution in [1.29, 1.82) is 0 Å². The van der Waals surface area contributed by atoms with Crippen LogP contribution in [-0.2, 0) is 0 Å². The first-order valence-corrected chi connectivity index (χ1v) is 6.99. The third kappa shape index (κ3) is 3.74. The van der Waals surface area contributed by atoms with Crippen LogP contribution in [0.1, 0.15) is 46.0 Å². The maximum Gasteiger partial charge on any atom is 0.00415 e. The standard InChI is InChI=1S/C14H28N2/c1-12(10-13-4-5-13)15-11-14(2)6-8-16(3)9-7-14/h12-13,15H,4-11H2,1-3H3. The molecule has 2 rings (SSSR count). The van der Waals surface area contributed by atoms with Crippen LogP contribution < -0.4 is 5.32 Å². The van der Waals surface area contributed by atoms with E-state index in [0.717, 1.165) is 12.0 Å². The summed E-state index contributed by atoms with van der Waals surface area (Å²) >= 11 is 0. The number of piperidine rings is 1. The summed E-state index contributed by atoms with van der Waals surface area (Å²) in [7, 11) is 2.24. The average molecular weight is 224 g/mol. The molecule has 0 aromatic heterocycles. The van der Waals surface area contributed by atoms with E-state index in [1.807, 2.05) is 0 Å². The van der Waals surface area contributed by atoms with Crippen LogP contribution in [-0.4, -0.2) is 37.6 Å². The van der Waals surface area contributed by atoms with Crippen molar-refractivity contribution in [1.82, 2.24) is 10.2 Å². The Hall–Kier alpha value is -0.0800. The molecule has 16 heavy (non-hydrogen) atoms. The molecule has 1 aliphatic heterocycles. The van der Waals surface area contributed by atoms with Crippen molar-refractivity contribution >= 4 is 0 Å². The third-order valence-corrected chi connectivity index (χ3v) is 4.46. The fourth-order valence-electron chi connectivity index (χ4n) is 2.69. The van der Waals surface area contributed by atoms with Crippen molar-refractivity contribution in [2.45, 2.75) is 52.0 Å². The lowest BCUT2D eigenvalue weighted by molar-refractivity contribution is 0.133. The monoisotopic (exact) mass is 224 g/mol. The highest BCUT2D eigenvalue weighted by atomic mass is 15.1. The summed E-state index contributed by atoms with van der Waals surface area (Å²) in [4.78, 5) is 2.45. The molecule has 1 saturated heterocycles. The van der Waals surface area contributed by atoms with Gasteiger partial charge < -0.3 is 10.2 Å². The molecule has 0 spiro atoms. The molecule has 2 heteroatoms. The van der Waals surface area contributed by atoms with Crippen molar-refractivity contribution in [3.05, 3.63) is 0 Å². The first-order chi connectivity index (χ1) is 7.57. The van der Waals surface area contributed by atoms with Gasteiger partial charge in [0.2, 0.25) is 0 Å². The van der Waals surface area contributed by atoms with Gasteiger partial charge in [0.25, 0.3) is 0 Å². The van der Waals surface area contributed by atoms with E-state index in [4.69, 9.17) is 0 Å². The van der Waals surface area contributed by atoms with Gasteiger partial charge in [-0.1, -0.05) is 19.8 Å². The highest BCUT2D eigenvalue weighted by Gasteiger charge is 2.29. The summed E-state index contributed by atoms with van der Waals surface area (Å²) in [6.45, 7) is 8.58. The summed E-state index contributed by atoms with van der Waals surface area (Å²) in [6.07, 6.45) is 7.07. The van der Waals surface area contributed by atoms with Crippen LogP contribution in [0.5, 0.6) is 0 Å². The molecular formula is C14H28N2. The molecule has 2 nitrogen and oxygen atoms in total. The molecule has 94 valence electrons. The lowest BCUT2D eigenvalue weighted by atomic mass is 9.80. The zero-order valence-corrected chi connectivity index (χ0v) is 11.3. The molecule has 0 aromatic rings. The van der Waals surface area contributed by atoms with E-state index in [9.17, 15) is 0 Å². The van der Waals surface area contributed by atoms with Crippen LogP contribution >= 0.6 is 0 Å². The Kier molecular flexibility index (Phi) is 3.91. The Morgan fingerprint density at radius 1 is 1.31 bits per heavy atom. The molecule has 1 saturated carbocycles. The van der Waals surface area contributed by atoms with Crippen LogP contribution in [0.2, 0.25) is 0 Å². The second kappa shape index (κ2) is 5.05. The lowest BCUT2D eigenvalue weighted by Crippen LogP contribution is -2.44. The van der Waals surface area contributed by atoms with Gasteiger partial charge in [-0.15, -0.1) is 0 Å². The number of likely N-dealkylation sites (tertiary alicyclic amines) is 1.